The zero-order valence-electron chi connectivity index (χ0n) is 25.5. The largest absolute Gasteiger partial charge is 0.392 e. The number of β-amino-alcohol motifs (C(OH)–C–C–N with tert-alkyl or cyclic N) is 3. The Bertz CT molecular complexity index is 1080. The Morgan fingerprint density at radius 1 is 0.773 bits per heavy atom. The Kier molecular flexibility index (Phi) is 13.5. The average molecular weight is 654 g/mol. The van der Waals surface area contributed by atoms with Gasteiger partial charge in [0.15, 0.2) is 0 Å². The first-order valence-electron chi connectivity index (χ1n) is 15.8. The van der Waals surface area contributed by atoms with Crippen LogP contribution in [-0.2, 0) is 19.2 Å². The molecule has 6 atom stereocenters. The van der Waals surface area contributed by atoms with Gasteiger partial charge < -0.3 is 30.4 Å². The molecule has 0 aromatic carbocycles. The van der Waals surface area contributed by atoms with Crippen molar-refractivity contribution in [1.29, 1.82) is 0 Å². The molecule has 0 aromatic rings. The Morgan fingerprint density at radius 3 is 2.00 bits per heavy atom. The number of aliphatic hydroxyl groups excluding tert-OH is 3. The minimum Gasteiger partial charge on any atom is -0.392 e. The summed E-state index contributed by atoms with van der Waals surface area (Å²) in [4.78, 5) is 56.4. The number of likely N-dealkylation sites (tertiary alicyclic amines) is 3. The number of hydrogen-bond donors (Lipinski definition) is 5. The summed E-state index contributed by atoms with van der Waals surface area (Å²) >= 11 is 0. The maximum absolute atomic E-state index is 13.6. The van der Waals surface area contributed by atoms with E-state index in [0.717, 1.165) is 12.8 Å². The maximum atomic E-state index is 13.6. The predicted octanol–water partition coefficient (Wildman–Crippen LogP) is -0.0898. The van der Waals surface area contributed by atoms with Crippen LogP contribution in [0.25, 0.3) is 0 Å². The van der Waals surface area contributed by atoms with Crippen molar-refractivity contribution in [3.63, 3.8) is 0 Å². The molecule has 4 aliphatic rings. The van der Waals surface area contributed by atoms with Crippen LogP contribution in [0.1, 0.15) is 64.2 Å². The second-order valence-electron chi connectivity index (χ2n) is 12.3. The van der Waals surface area contributed by atoms with Gasteiger partial charge in [-0.25, -0.2) is 0 Å². The summed E-state index contributed by atoms with van der Waals surface area (Å²) in [6, 6.07) is 0.454. The predicted molar refractivity (Wildman–Crippen MR) is 169 cm³/mol. The van der Waals surface area contributed by atoms with Crippen LogP contribution in [0.4, 0.5) is 0 Å². The normalized spacial score (nSPS) is 29.6. The number of amides is 4. The van der Waals surface area contributed by atoms with Crippen molar-refractivity contribution in [3.8, 4) is 12.0 Å². The van der Waals surface area contributed by atoms with E-state index in [1.54, 1.807) is 11.9 Å². The summed E-state index contributed by atoms with van der Waals surface area (Å²) in [5, 5.41) is 36.2. The van der Waals surface area contributed by atoms with Crippen molar-refractivity contribution >= 4 is 45.2 Å². The van der Waals surface area contributed by atoms with E-state index in [4.69, 9.17) is 0 Å². The number of nitrogens with one attached hydrogen (secondary N) is 2. The molecule has 0 bridgehead atoms. The van der Waals surface area contributed by atoms with E-state index in [0.29, 0.717) is 36.9 Å². The molecule has 1 saturated carbocycles. The number of carbonyl (C=O) groups excluding carboxylic acids is 4. The van der Waals surface area contributed by atoms with Gasteiger partial charge in [0.2, 0.25) is 23.6 Å². The van der Waals surface area contributed by atoms with Crippen molar-refractivity contribution in [1.82, 2.24) is 25.3 Å². The number of hydrogen-bond acceptors (Lipinski definition) is 10. The lowest BCUT2D eigenvalue weighted by Gasteiger charge is -2.32. The average Bonchev–Trinajstić information content (AvgIpc) is 3.60. The van der Waals surface area contributed by atoms with Gasteiger partial charge in [0.1, 0.15) is 12.1 Å². The lowest BCUT2D eigenvalue weighted by molar-refractivity contribution is -0.148. The third-order valence-electron chi connectivity index (χ3n) is 8.84. The number of rotatable bonds is 10. The number of aliphatic hydroxyl groups is 3. The molecular formula is C30H47N5O7S2. The molecule has 44 heavy (non-hydrogen) atoms. The van der Waals surface area contributed by atoms with Crippen LogP contribution < -0.4 is 10.6 Å². The molecule has 4 fully saturated rings. The molecular weight excluding hydrogens is 606 g/mol. The van der Waals surface area contributed by atoms with Crippen molar-refractivity contribution in [2.45, 2.75) is 101 Å². The minimum atomic E-state index is -0.934. The van der Waals surface area contributed by atoms with Gasteiger partial charge in [0.05, 0.1) is 24.4 Å². The third-order valence-corrected chi connectivity index (χ3v) is 11.2. The molecule has 3 heterocycles. The van der Waals surface area contributed by atoms with Gasteiger partial charge in [0.25, 0.3) is 0 Å². The van der Waals surface area contributed by atoms with Crippen LogP contribution >= 0.6 is 21.6 Å². The quantitative estimate of drug-likeness (QED) is 0.0709. The maximum Gasteiger partial charge on any atom is 0.246 e. The highest BCUT2D eigenvalue weighted by Gasteiger charge is 2.48. The Morgan fingerprint density at radius 2 is 1.34 bits per heavy atom. The Hall–Kier alpha value is -2.02. The first-order chi connectivity index (χ1) is 21.1. The monoisotopic (exact) mass is 653 g/mol. The molecule has 4 rings (SSSR count). The Labute approximate surface area is 267 Å². The summed E-state index contributed by atoms with van der Waals surface area (Å²) in [5.74, 6) is 3.52. The Balaban J connectivity index is 1.16. The molecule has 3 aliphatic heterocycles. The van der Waals surface area contributed by atoms with Gasteiger partial charge >= 0.3 is 0 Å². The van der Waals surface area contributed by atoms with E-state index in [9.17, 15) is 34.5 Å². The molecule has 0 radical (unpaired) electrons. The van der Waals surface area contributed by atoms with E-state index in [1.807, 2.05) is 0 Å². The SMILES string of the molecule is CN1CC(O)CC1C(=O)N1CC(O)CC1C(=O)N1CC(O)CC1C(=O)NCCSSCCC(=O)NC#CC1CCCCCC1. The molecule has 1 aliphatic carbocycles. The summed E-state index contributed by atoms with van der Waals surface area (Å²) in [7, 11) is 4.81. The van der Waals surface area contributed by atoms with Crippen molar-refractivity contribution in [2.75, 3.05) is 44.7 Å². The second kappa shape index (κ2) is 17.1. The number of nitrogens with zero attached hydrogens (tertiary/aromatic N) is 3. The van der Waals surface area contributed by atoms with Crippen LogP contribution in [-0.4, -0.2) is 135 Å². The summed E-state index contributed by atoms with van der Waals surface area (Å²) in [5.41, 5.74) is 0. The summed E-state index contributed by atoms with van der Waals surface area (Å²) in [6.07, 6.45) is 5.57. The van der Waals surface area contributed by atoms with Crippen molar-refractivity contribution < 1.29 is 34.5 Å². The van der Waals surface area contributed by atoms with Gasteiger partial charge in [-0.05, 0) is 26.3 Å². The zero-order valence-corrected chi connectivity index (χ0v) is 27.1. The van der Waals surface area contributed by atoms with E-state index >= 15 is 0 Å². The van der Waals surface area contributed by atoms with Crippen LogP contribution in [0, 0.1) is 17.9 Å². The van der Waals surface area contributed by atoms with Gasteiger partial charge in [-0.15, -0.1) is 0 Å². The smallest absolute Gasteiger partial charge is 0.246 e. The second-order valence-corrected chi connectivity index (χ2v) is 15.0. The standard InChI is InChI=1S/C30H47N5O7S2/c1-33-17-21(36)15-25(33)29(41)35-19-23(38)16-26(35)30(42)34-18-22(37)14-24(34)28(40)32-11-13-44-43-12-9-27(39)31-10-8-20-6-4-2-3-5-7-20/h20-26,36-38H,2-7,9,11-19H2,1H3,(H,31,39)(H,32,40). The molecule has 14 heteroatoms. The number of carbonyl (C=O) groups is 4. The van der Waals surface area contributed by atoms with Gasteiger partial charge in [-0.1, -0.05) is 53.2 Å². The van der Waals surface area contributed by atoms with Crippen LogP contribution in [0.15, 0.2) is 0 Å². The first-order valence-corrected chi connectivity index (χ1v) is 18.3. The minimum absolute atomic E-state index is 0.00729. The molecule has 12 nitrogen and oxygen atoms in total. The van der Waals surface area contributed by atoms with Crippen molar-refractivity contribution in [3.05, 3.63) is 0 Å². The molecule has 0 spiro atoms. The lowest BCUT2D eigenvalue weighted by atomic mass is 10.0. The van der Waals surface area contributed by atoms with Crippen LogP contribution in [0.5, 0.6) is 0 Å². The molecule has 5 N–H and O–H groups in total. The molecule has 6 unspecified atom stereocenters. The van der Waals surface area contributed by atoms with Gasteiger partial charge in [-0.3, -0.25) is 29.4 Å². The van der Waals surface area contributed by atoms with Gasteiger partial charge in [0, 0.05) is 68.9 Å². The fourth-order valence-electron chi connectivity index (χ4n) is 6.52. The van der Waals surface area contributed by atoms with E-state index in [1.165, 1.54) is 57.1 Å². The lowest BCUT2D eigenvalue weighted by Crippen LogP contribution is -2.55. The molecule has 0 aromatic heterocycles. The highest BCUT2D eigenvalue weighted by Crippen LogP contribution is 2.29. The first kappa shape index (κ1) is 34.8. The molecule has 246 valence electrons. The fourth-order valence-corrected chi connectivity index (χ4v) is 8.42. The molecule has 4 amide bonds. The summed E-state index contributed by atoms with van der Waals surface area (Å²) in [6.45, 7) is 0.694. The highest BCUT2D eigenvalue weighted by atomic mass is 33.1. The third kappa shape index (κ3) is 9.74. The fraction of sp³-hybridized carbons (Fsp3) is 0.800. The van der Waals surface area contributed by atoms with Crippen molar-refractivity contribution in [2.24, 2.45) is 5.92 Å². The van der Waals surface area contributed by atoms with E-state index in [2.05, 4.69) is 22.6 Å². The van der Waals surface area contributed by atoms with Crippen LogP contribution in [0.2, 0.25) is 0 Å². The zero-order chi connectivity index (χ0) is 31.6. The topological polar surface area (TPSA) is 163 Å². The highest BCUT2D eigenvalue weighted by molar-refractivity contribution is 8.76. The van der Waals surface area contributed by atoms with E-state index < -0.39 is 42.3 Å². The molecule has 3 saturated heterocycles. The number of likely N-dealkylation sites (N-methyl/N-ethyl adjacent to an activating group) is 1. The summed E-state index contributed by atoms with van der Waals surface area (Å²) < 4.78 is 0. The van der Waals surface area contributed by atoms with Gasteiger partial charge in [-0.2, -0.15) is 0 Å². The van der Waals surface area contributed by atoms with E-state index in [-0.39, 0.29) is 50.1 Å². The van der Waals surface area contributed by atoms with Crippen LogP contribution in [0.3, 0.4) is 0 Å².